The zero-order valence-corrected chi connectivity index (χ0v) is 27.2. The molecule has 4 amide bonds. The van der Waals surface area contributed by atoms with Gasteiger partial charge in [-0.3, -0.25) is 19.2 Å². The van der Waals surface area contributed by atoms with E-state index in [0.717, 1.165) is 55.3 Å². The first kappa shape index (κ1) is 31.1. The van der Waals surface area contributed by atoms with Gasteiger partial charge in [-0.25, -0.2) is 0 Å². The Bertz CT molecular complexity index is 2240. The Kier molecular flexibility index (Phi) is 8.12. The van der Waals surface area contributed by atoms with Gasteiger partial charge in [-0.05, 0) is 28.3 Å². The quantitative estimate of drug-likeness (QED) is 0.139. The van der Waals surface area contributed by atoms with E-state index in [4.69, 9.17) is 0 Å². The lowest BCUT2D eigenvalue weighted by Crippen LogP contribution is -2.62. The Morgan fingerprint density at radius 3 is 1.58 bits per heavy atom. The summed E-state index contributed by atoms with van der Waals surface area (Å²) in [7, 11) is 0. The monoisotopic (exact) mass is 664 g/mol. The first-order chi connectivity index (χ1) is 24.4. The third kappa shape index (κ3) is 6.00. The SMILES string of the molecule is O=C1N[C@H](Cc2ccccc2)C(=O)N[C@H]1Cc1c(-c2cccc3c(C[C@@H]4NC(=O)[C@@H](Cc5ccccc5)NC4=O)c[nH]c23)[nH]c2ccccc12. The average molecular weight is 665 g/mol. The molecule has 0 unspecified atom stereocenters. The van der Waals surface area contributed by atoms with Crippen LogP contribution in [-0.4, -0.2) is 57.8 Å². The molecule has 10 heteroatoms. The van der Waals surface area contributed by atoms with E-state index in [1.807, 2.05) is 109 Å². The lowest BCUT2D eigenvalue weighted by molar-refractivity contribution is -0.136. The Labute approximate surface area is 288 Å². The highest BCUT2D eigenvalue weighted by Gasteiger charge is 2.36. The molecule has 0 aliphatic carbocycles. The van der Waals surface area contributed by atoms with E-state index in [1.165, 1.54) is 0 Å². The zero-order chi connectivity index (χ0) is 34.2. The molecule has 6 N–H and O–H groups in total. The summed E-state index contributed by atoms with van der Waals surface area (Å²) >= 11 is 0. The molecule has 2 aliphatic heterocycles. The lowest BCUT2D eigenvalue weighted by Gasteiger charge is -2.30. The van der Waals surface area contributed by atoms with Crippen molar-refractivity contribution >= 4 is 45.4 Å². The van der Waals surface area contributed by atoms with Gasteiger partial charge in [0.1, 0.15) is 24.2 Å². The fourth-order valence-electron chi connectivity index (χ4n) is 7.28. The average Bonchev–Trinajstić information content (AvgIpc) is 3.71. The number of aromatic nitrogens is 2. The fourth-order valence-corrected chi connectivity index (χ4v) is 7.28. The van der Waals surface area contributed by atoms with Crippen LogP contribution in [0.25, 0.3) is 33.1 Å². The molecule has 50 heavy (non-hydrogen) atoms. The van der Waals surface area contributed by atoms with Crippen molar-refractivity contribution in [1.29, 1.82) is 0 Å². The van der Waals surface area contributed by atoms with E-state index >= 15 is 0 Å². The van der Waals surface area contributed by atoms with Gasteiger partial charge in [0.25, 0.3) is 0 Å². The summed E-state index contributed by atoms with van der Waals surface area (Å²) in [6, 6.07) is 30.4. The van der Waals surface area contributed by atoms with Gasteiger partial charge in [-0.2, -0.15) is 0 Å². The number of piperazine rings is 2. The molecule has 10 nitrogen and oxygen atoms in total. The van der Waals surface area contributed by atoms with E-state index in [9.17, 15) is 19.2 Å². The van der Waals surface area contributed by atoms with Crippen molar-refractivity contribution in [1.82, 2.24) is 31.2 Å². The maximum absolute atomic E-state index is 13.4. The van der Waals surface area contributed by atoms with Crippen LogP contribution in [0.3, 0.4) is 0 Å². The first-order valence-electron chi connectivity index (χ1n) is 16.9. The Balaban J connectivity index is 1.04. The summed E-state index contributed by atoms with van der Waals surface area (Å²) < 4.78 is 0. The number of benzene rings is 4. The third-order valence-electron chi connectivity index (χ3n) is 9.81. The molecule has 4 heterocycles. The number of rotatable bonds is 9. The molecule has 0 spiro atoms. The topological polar surface area (TPSA) is 148 Å². The first-order valence-corrected chi connectivity index (χ1v) is 16.9. The number of carbonyl (C=O) groups excluding carboxylic acids is 4. The molecule has 2 aromatic heterocycles. The molecule has 0 saturated carbocycles. The van der Waals surface area contributed by atoms with Gasteiger partial charge in [-0.1, -0.05) is 97.1 Å². The molecule has 0 radical (unpaired) electrons. The van der Waals surface area contributed by atoms with Crippen LogP contribution in [0, 0.1) is 0 Å². The van der Waals surface area contributed by atoms with Crippen molar-refractivity contribution in [3.8, 4) is 11.3 Å². The molecule has 0 bridgehead atoms. The number of hydrogen-bond donors (Lipinski definition) is 6. The van der Waals surface area contributed by atoms with Gasteiger partial charge in [0.15, 0.2) is 0 Å². The van der Waals surface area contributed by atoms with E-state index < -0.39 is 24.2 Å². The molecule has 250 valence electrons. The minimum atomic E-state index is -0.745. The number of aromatic amines is 2. The van der Waals surface area contributed by atoms with Crippen molar-refractivity contribution < 1.29 is 19.2 Å². The Morgan fingerprint density at radius 2 is 0.980 bits per heavy atom. The molecule has 2 aliphatic rings. The van der Waals surface area contributed by atoms with Crippen molar-refractivity contribution in [3.05, 3.63) is 132 Å². The van der Waals surface area contributed by atoms with Crippen LogP contribution in [0.5, 0.6) is 0 Å². The van der Waals surface area contributed by atoms with Crippen LogP contribution in [0.15, 0.2) is 109 Å². The van der Waals surface area contributed by atoms with E-state index in [2.05, 4.69) is 31.2 Å². The number of nitrogens with one attached hydrogen (secondary N) is 6. The number of amides is 4. The second kappa shape index (κ2) is 13.0. The van der Waals surface area contributed by atoms with Crippen LogP contribution in [-0.2, 0) is 44.9 Å². The molecular formula is C40H36N6O4. The highest BCUT2D eigenvalue weighted by molar-refractivity contribution is 6.03. The molecule has 4 atom stereocenters. The Hall–Kier alpha value is -6.16. The molecule has 6 aromatic rings. The summed E-state index contributed by atoms with van der Waals surface area (Å²) in [4.78, 5) is 59.8. The highest BCUT2D eigenvalue weighted by Crippen LogP contribution is 2.36. The van der Waals surface area contributed by atoms with Crippen LogP contribution in [0.1, 0.15) is 22.3 Å². The molecule has 2 fully saturated rings. The van der Waals surface area contributed by atoms with Gasteiger partial charge in [0.2, 0.25) is 23.6 Å². The number of hydrogen-bond acceptors (Lipinski definition) is 4. The predicted molar refractivity (Wildman–Crippen MR) is 191 cm³/mol. The van der Waals surface area contributed by atoms with Crippen LogP contribution in [0.2, 0.25) is 0 Å². The number of H-pyrrole nitrogens is 2. The van der Waals surface area contributed by atoms with Gasteiger partial charge in [0.05, 0.1) is 11.2 Å². The zero-order valence-electron chi connectivity index (χ0n) is 27.2. The number of fused-ring (bicyclic) bond motifs is 2. The van der Waals surface area contributed by atoms with Gasteiger partial charge < -0.3 is 31.2 Å². The largest absolute Gasteiger partial charge is 0.360 e. The normalized spacial score (nSPS) is 20.7. The summed E-state index contributed by atoms with van der Waals surface area (Å²) in [5.41, 5.74) is 7.26. The standard InChI is InChI=1S/C40H36N6O4/c47-37-31(18-23-10-3-1-4-11-23)43-39(49)33(45-37)20-25-22-41-35-26(25)15-9-16-28(35)36-29(27-14-7-8-17-30(27)42-36)21-34-40(50)44-32(38(48)46-34)19-24-12-5-2-6-13-24/h1-17,22,31-34,41-42H,18-21H2,(H,43,49)(H,44,50)(H,45,47)(H,46,48)/t31-,32-,33+,34+/m1/s1. The van der Waals surface area contributed by atoms with Crippen molar-refractivity contribution in [2.24, 2.45) is 0 Å². The summed E-state index contributed by atoms with van der Waals surface area (Å²) in [5.74, 6) is -0.846. The molecular weight excluding hydrogens is 628 g/mol. The fraction of sp³-hybridized carbons (Fsp3) is 0.200. The molecule has 2 saturated heterocycles. The van der Waals surface area contributed by atoms with E-state index in [0.29, 0.717) is 19.3 Å². The third-order valence-corrected chi connectivity index (χ3v) is 9.81. The van der Waals surface area contributed by atoms with Gasteiger partial charge in [-0.15, -0.1) is 0 Å². The van der Waals surface area contributed by atoms with Crippen LogP contribution in [0.4, 0.5) is 0 Å². The summed E-state index contributed by atoms with van der Waals surface area (Å²) in [6.45, 7) is 0. The summed E-state index contributed by atoms with van der Waals surface area (Å²) in [5, 5.41) is 13.7. The van der Waals surface area contributed by atoms with Crippen molar-refractivity contribution in [2.45, 2.75) is 49.9 Å². The lowest BCUT2D eigenvalue weighted by atomic mass is 9.94. The minimum Gasteiger partial charge on any atom is -0.360 e. The van der Waals surface area contributed by atoms with Crippen molar-refractivity contribution in [2.75, 3.05) is 0 Å². The Morgan fingerprint density at radius 1 is 0.480 bits per heavy atom. The summed E-state index contributed by atoms with van der Waals surface area (Å²) in [6.07, 6.45) is 3.33. The predicted octanol–water partition coefficient (Wildman–Crippen LogP) is 3.85. The second-order valence-electron chi connectivity index (χ2n) is 13.1. The van der Waals surface area contributed by atoms with Crippen LogP contribution < -0.4 is 21.3 Å². The second-order valence-corrected chi connectivity index (χ2v) is 13.1. The molecule has 4 aromatic carbocycles. The van der Waals surface area contributed by atoms with Gasteiger partial charge >= 0.3 is 0 Å². The van der Waals surface area contributed by atoms with Crippen LogP contribution >= 0.6 is 0 Å². The van der Waals surface area contributed by atoms with E-state index in [1.54, 1.807) is 0 Å². The van der Waals surface area contributed by atoms with Crippen molar-refractivity contribution in [3.63, 3.8) is 0 Å². The molecule has 8 rings (SSSR count). The number of para-hydroxylation sites is 2. The van der Waals surface area contributed by atoms with E-state index in [-0.39, 0.29) is 30.0 Å². The highest BCUT2D eigenvalue weighted by atomic mass is 16.2. The number of carbonyl (C=O) groups is 4. The maximum atomic E-state index is 13.4. The van der Waals surface area contributed by atoms with Gasteiger partial charge in [0, 0.05) is 53.7 Å². The maximum Gasteiger partial charge on any atom is 0.243 e. The smallest absolute Gasteiger partial charge is 0.243 e. The minimum absolute atomic E-state index is 0.202.